The number of cyclic esters (lactones) is 1. The van der Waals surface area contributed by atoms with Gasteiger partial charge in [-0.15, -0.1) is 0 Å². The monoisotopic (exact) mass is 648 g/mol. The zero-order valence-corrected chi connectivity index (χ0v) is 26.8. The highest BCUT2D eigenvalue weighted by molar-refractivity contribution is 9.11. The highest BCUT2D eigenvalue weighted by Gasteiger charge is 2.50. The number of fused-ring (bicyclic) bond motifs is 2. The van der Waals surface area contributed by atoms with Crippen LogP contribution >= 0.6 is 15.9 Å². The van der Waals surface area contributed by atoms with Gasteiger partial charge in [-0.25, -0.2) is 0 Å². The smallest absolute Gasteiger partial charge is 0.311 e. The number of hydrogen-bond acceptors (Lipinski definition) is 10. The molecule has 3 heterocycles. The number of ether oxygens (including phenoxy) is 7. The number of hydrogen-bond donors (Lipinski definition) is 2. The molecule has 3 aliphatic heterocycles. The number of carbonyl (C=O) groups excluding carboxylic acids is 1. The average molecular weight is 650 g/mol. The van der Waals surface area contributed by atoms with Crippen molar-refractivity contribution in [2.45, 2.75) is 133 Å². The van der Waals surface area contributed by atoms with Gasteiger partial charge < -0.3 is 43.4 Å². The second-order valence-electron chi connectivity index (χ2n) is 11.9. The van der Waals surface area contributed by atoms with Crippen LogP contribution in [0.3, 0.4) is 0 Å². The number of aliphatic hydroxyl groups excluding tert-OH is 1. The lowest BCUT2D eigenvalue weighted by atomic mass is 9.84. The fourth-order valence-corrected chi connectivity index (χ4v) is 6.44. The summed E-state index contributed by atoms with van der Waals surface area (Å²) in [5.74, 6) is -2.42. The number of esters is 1. The van der Waals surface area contributed by atoms with Crippen LogP contribution in [0.2, 0.25) is 0 Å². The van der Waals surface area contributed by atoms with Crippen molar-refractivity contribution >= 4 is 21.9 Å². The number of rotatable bonds is 9. The van der Waals surface area contributed by atoms with E-state index in [2.05, 4.69) is 15.9 Å². The Morgan fingerprint density at radius 3 is 2.41 bits per heavy atom. The van der Waals surface area contributed by atoms with E-state index in [0.29, 0.717) is 38.5 Å². The van der Waals surface area contributed by atoms with E-state index in [0.717, 1.165) is 0 Å². The quantitative estimate of drug-likeness (QED) is 0.278. The summed E-state index contributed by atoms with van der Waals surface area (Å²) in [6.45, 7) is 5.71. The van der Waals surface area contributed by atoms with Crippen LogP contribution in [0.1, 0.15) is 72.1 Å². The summed E-state index contributed by atoms with van der Waals surface area (Å²) < 4.78 is 41.7. The number of methoxy groups -OCH3 is 3. The number of aliphatic hydroxyl groups is 2. The minimum Gasteiger partial charge on any atom is -0.459 e. The van der Waals surface area contributed by atoms with Crippen molar-refractivity contribution in [3.63, 3.8) is 0 Å². The Morgan fingerprint density at radius 1 is 1.05 bits per heavy atom. The molecule has 0 radical (unpaired) electrons. The summed E-state index contributed by atoms with van der Waals surface area (Å²) >= 11 is 3.24. The van der Waals surface area contributed by atoms with E-state index in [1.807, 2.05) is 39.0 Å². The maximum atomic E-state index is 13.2. The Hall–Kier alpha value is -0.890. The van der Waals surface area contributed by atoms with Crippen LogP contribution in [0.15, 0.2) is 23.2 Å². The average Bonchev–Trinajstić information content (AvgIpc) is 2.89. The summed E-state index contributed by atoms with van der Waals surface area (Å²) in [4.78, 5) is 15.0. The lowest BCUT2D eigenvalue weighted by Crippen LogP contribution is -2.60. The standard InChI is InChI=1S/C30H49BrO10/c1-19-11-12-21-15-22(39-28-27(37-6)26(36-5)25(35-4)20(2)38-28)16-30(34,40-21)18-24(33)41-29(3,17-23(19)32)13-9-7-8-10-14-31/h7-8,10,14,19-23,25-28,32,34H,9,11-13,15-18H2,1-6H3/t19-,20+,21+,22-,23-,25+,26-,27-,28+,29-,30+/m1/s1. The zero-order valence-electron chi connectivity index (χ0n) is 25.2. The highest BCUT2D eigenvalue weighted by atomic mass is 79.9. The van der Waals surface area contributed by atoms with E-state index >= 15 is 0 Å². The van der Waals surface area contributed by atoms with Gasteiger partial charge in [-0.05, 0) is 50.4 Å². The van der Waals surface area contributed by atoms with Crippen LogP contribution in [0, 0.1) is 5.92 Å². The van der Waals surface area contributed by atoms with E-state index in [-0.39, 0.29) is 37.1 Å². The predicted molar refractivity (Wildman–Crippen MR) is 155 cm³/mol. The molecule has 236 valence electrons. The molecular weight excluding hydrogens is 600 g/mol. The minimum atomic E-state index is -1.77. The lowest BCUT2D eigenvalue weighted by Gasteiger charge is -2.47. The van der Waals surface area contributed by atoms with Gasteiger partial charge in [0.1, 0.15) is 23.9 Å². The maximum Gasteiger partial charge on any atom is 0.311 e. The Balaban J connectivity index is 1.78. The van der Waals surface area contributed by atoms with Crippen molar-refractivity contribution in [3.05, 3.63) is 23.2 Å². The van der Waals surface area contributed by atoms with Gasteiger partial charge in [-0.2, -0.15) is 0 Å². The lowest BCUT2D eigenvalue weighted by molar-refractivity contribution is -0.339. The zero-order chi connectivity index (χ0) is 30.2. The van der Waals surface area contributed by atoms with Crippen LogP contribution in [0.5, 0.6) is 0 Å². The van der Waals surface area contributed by atoms with E-state index in [9.17, 15) is 15.0 Å². The van der Waals surface area contributed by atoms with Crippen molar-refractivity contribution in [1.29, 1.82) is 0 Å². The van der Waals surface area contributed by atoms with Crippen LogP contribution < -0.4 is 0 Å². The van der Waals surface area contributed by atoms with Crippen molar-refractivity contribution in [3.8, 4) is 0 Å². The summed E-state index contributed by atoms with van der Waals surface area (Å²) in [6.07, 6.45) is 4.75. The normalized spacial score (nSPS) is 43.0. The molecule has 0 aromatic carbocycles. The van der Waals surface area contributed by atoms with Gasteiger partial charge in [0.25, 0.3) is 0 Å². The number of halogens is 1. The summed E-state index contributed by atoms with van der Waals surface area (Å²) in [6, 6.07) is 0. The van der Waals surface area contributed by atoms with E-state index in [1.54, 1.807) is 26.3 Å². The fraction of sp³-hybridized carbons (Fsp3) is 0.833. The molecule has 2 N–H and O–H groups in total. The summed E-state index contributed by atoms with van der Waals surface area (Å²) in [7, 11) is 4.76. The topological polar surface area (TPSA) is 122 Å². The summed E-state index contributed by atoms with van der Waals surface area (Å²) in [5, 5.41) is 22.6. The first-order valence-corrected chi connectivity index (χ1v) is 15.5. The van der Waals surface area contributed by atoms with E-state index in [1.165, 1.54) is 0 Å². The molecule has 0 spiro atoms. The van der Waals surface area contributed by atoms with Gasteiger partial charge in [0.15, 0.2) is 12.1 Å². The van der Waals surface area contributed by atoms with Crippen molar-refractivity contribution in [2.75, 3.05) is 21.3 Å². The summed E-state index contributed by atoms with van der Waals surface area (Å²) in [5.41, 5.74) is -0.905. The number of allylic oxidation sites excluding steroid dienone is 3. The van der Waals surface area contributed by atoms with Gasteiger partial charge in [-0.1, -0.05) is 41.1 Å². The molecule has 2 bridgehead atoms. The fourth-order valence-electron chi connectivity index (χ4n) is 6.27. The van der Waals surface area contributed by atoms with Crippen LogP contribution in [0.4, 0.5) is 0 Å². The molecule has 0 aromatic rings. The molecule has 11 heteroatoms. The molecule has 0 aliphatic carbocycles. The molecule has 41 heavy (non-hydrogen) atoms. The molecule has 0 aromatic heterocycles. The molecular formula is C30H49BrO10. The third-order valence-corrected chi connectivity index (χ3v) is 8.82. The first kappa shape index (κ1) is 34.6. The molecule has 11 atom stereocenters. The van der Waals surface area contributed by atoms with E-state index in [4.69, 9.17) is 33.2 Å². The molecule has 0 unspecified atom stereocenters. The molecule has 3 rings (SSSR count). The second-order valence-corrected chi connectivity index (χ2v) is 12.4. The Kier molecular flexibility index (Phi) is 13.3. The Morgan fingerprint density at radius 2 is 1.76 bits per heavy atom. The molecule has 10 nitrogen and oxygen atoms in total. The van der Waals surface area contributed by atoms with Gasteiger partial charge in [0.2, 0.25) is 0 Å². The van der Waals surface area contributed by atoms with Crippen LogP contribution in [-0.4, -0.2) is 97.9 Å². The number of carbonyl (C=O) groups is 1. The van der Waals surface area contributed by atoms with E-state index < -0.39 is 48.1 Å². The first-order valence-electron chi connectivity index (χ1n) is 14.6. The van der Waals surface area contributed by atoms with Gasteiger partial charge in [-0.3, -0.25) is 4.79 Å². The van der Waals surface area contributed by atoms with Crippen LogP contribution in [0.25, 0.3) is 0 Å². The first-order chi connectivity index (χ1) is 19.5. The third-order valence-electron chi connectivity index (χ3n) is 8.51. The predicted octanol–water partition coefficient (Wildman–Crippen LogP) is 4.15. The minimum absolute atomic E-state index is 0.0607. The molecule has 0 saturated carbocycles. The van der Waals surface area contributed by atoms with Gasteiger partial charge >= 0.3 is 5.97 Å². The van der Waals surface area contributed by atoms with Crippen molar-refractivity contribution in [1.82, 2.24) is 0 Å². The highest BCUT2D eigenvalue weighted by Crippen LogP contribution is 2.39. The largest absolute Gasteiger partial charge is 0.459 e. The second kappa shape index (κ2) is 15.7. The van der Waals surface area contributed by atoms with Crippen molar-refractivity contribution < 1.29 is 48.2 Å². The molecule has 3 aliphatic rings. The van der Waals surface area contributed by atoms with Gasteiger partial charge in [0, 0.05) is 40.6 Å². The van der Waals surface area contributed by atoms with Crippen molar-refractivity contribution in [2.24, 2.45) is 5.92 Å². The molecule has 3 fully saturated rings. The van der Waals surface area contributed by atoms with Crippen LogP contribution in [-0.2, 0) is 38.0 Å². The third kappa shape index (κ3) is 9.55. The molecule has 0 amide bonds. The Bertz CT molecular complexity index is 885. The Labute approximate surface area is 252 Å². The molecule has 3 saturated heterocycles. The maximum absolute atomic E-state index is 13.2. The SMILES string of the molecule is CO[C@@H]1[C@@H](OC)[C@H](C)O[C@@H](O[C@@H]2C[C@@H]3CC[C@@H](C)[C@H](O)C[C@@](C)(CCC=CC=CBr)OC(=O)C[C@](O)(C2)O3)[C@@H]1OC. The van der Waals surface area contributed by atoms with Gasteiger partial charge in [0.05, 0.1) is 30.8 Å².